The fourth-order valence-corrected chi connectivity index (χ4v) is 5.26. The molecule has 0 spiro atoms. The molecule has 0 aliphatic carbocycles. The fraction of sp³-hybridized carbons (Fsp3) is 0.552. The van der Waals surface area contributed by atoms with Crippen molar-refractivity contribution < 1.29 is 14.0 Å². The minimum Gasteiger partial charge on any atom is -0.444 e. The van der Waals surface area contributed by atoms with E-state index in [-0.39, 0.29) is 23.2 Å². The quantitative estimate of drug-likeness (QED) is 0.416. The first-order valence-corrected chi connectivity index (χ1v) is 15.7. The van der Waals surface area contributed by atoms with E-state index >= 15 is 0 Å². The second-order valence-electron chi connectivity index (χ2n) is 12.1. The lowest BCUT2D eigenvalue weighted by molar-refractivity contribution is -0.0104. The highest BCUT2D eigenvalue weighted by molar-refractivity contribution is 6.74. The van der Waals surface area contributed by atoms with Gasteiger partial charge in [-0.2, -0.15) is 0 Å². The molecule has 2 aromatic rings. The van der Waals surface area contributed by atoms with Crippen LogP contribution >= 0.6 is 0 Å². The molecule has 0 N–H and O–H groups in total. The van der Waals surface area contributed by atoms with Crippen molar-refractivity contribution >= 4 is 14.4 Å². The van der Waals surface area contributed by atoms with Crippen LogP contribution < -0.4 is 0 Å². The SMILES string of the molecule is CC(C)(C)OC(=O)N1CCN(C(c2ccccc2)c2ccccc2)C(CO[Si](C)(C)C(C)(C)C)C1. The molecule has 6 heteroatoms. The number of nitrogens with zero attached hydrogens (tertiary/aromatic N) is 2. The molecule has 1 saturated heterocycles. The van der Waals surface area contributed by atoms with E-state index < -0.39 is 13.9 Å². The molecule has 1 amide bonds. The number of carbonyl (C=O) groups excluding carboxylic acids is 1. The zero-order valence-electron chi connectivity index (χ0n) is 22.9. The Labute approximate surface area is 213 Å². The Hall–Kier alpha value is -2.15. The van der Waals surface area contributed by atoms with Crippen LogP contribution in [0.2, 0.25) is 18.1 Å². The van der Waals surface area contributed by atoms with E-state index in [9.17, 15) is 4.79 Å². The van der Waals surface area contributed by atoms with Gasteiger partial charge in [0, 0.05) is 19.6 Å². The molecular formula is C29H44N2O3Si. The van der Waals surface area contributed by atoms with Crippen molar-refractivity contribution in [3.63, 3.8) is 0 Å². The minimum atomic E-state index is -1.96. The number of ether oxygens (including phenoxy) is 1. The van der Waals surface area contributed by atoms with E-state index in [0.717, 1.165) is 6.54 Å². The summed E-state index contributed by atoms with van der Waals surface area (Å²) < 4.78 is 12.5. The highest BCUT2D eigenvalue weighted by atomic mass is 28.4. The van der Waals surface area contributed by atoms with Gasteiger partial charge < -0.3 is 14.1 Å². The van der Waals surface area contributed by atoms with Gasteiger partial charge in [0.15, 0.2) is 8.32 Å². The number of rotatable bonds is 6. The molecule has 0 saturated carbocycles. The van der Waals surface area contributed by atoms with Crippen LogP contribution in [-0.2, 0) is 9.16 Å². The summed E-state index contributed by atoms with van der Waals surface area (Å²) in [6.07, 6.45) is -0.245. The number of benzene rings is 2. The van der Waals surface area contributed by atoms with E-state index in [2.05, 4.69) is 99.4 Å². The third kappa shape index (κ3) is 7.18. The summed E-state index contributed by atoms with van der Waals surface area (Å²) in [5.41, 5.74) is 1.99. The van der Waals surface area contributed by atoms with Crippen molar-refractivity contribution in [3.05, 3.63) is 71.8 Å². The third-order valence-corrected chi connectivity index (χ3v) is 11.7. The molecule has 0 bridgehead atoms. The smallest absolute Gasteiger partial charge is 0.410 e. The second-order valence-corrected chi connectivity index (χ2v) is 16.9. The number of hydrogen-bond acceptors (Lipinski definition) is 4. The van der Waals surface area contributed by atoms with Crippen molar-refractivity contribution in [2.75, 3.05) is 26.2 Å². The molecule has 192 valence electrons. The summed E-state index contributed by atoms with van der Waals surface area (Å²) in [7, 11) is -1.96. The van der Waals surface area contributed by atoms with Gasteiger partial charge in [-0.3, -0.25) is 4.90 Å². The summed E-state index contributed by atoms with van der Waals surface area (Å²) in [5.74, 6) is 0. The molecule has 1 aliphatic rings. The summed E-state index contributed by atoms with van der Waals surface area (Å²) in [5, 5.41) is 0.121. The molecule has 0 radical (unpaired) electrons. The van der Waals surface area contributed by atoms with Crippen molar-refractivity contribution in [3.8, 4) is 0 Å². The van der Waals surface area contributed by atoms with Gasteiger partial charge in [-0.05, 0) is 50.0 Å². The first kappa shape index (κ1) is 27.4. The van der Waals surface area contributed by atoms with Crippen LogP contribution in [0.5, 0.6) is 0 Å². The summed E-state index contributed by atoms with van der Waals surface area (Å²) in [6.45, 7) is 19.7. The molecule has 1 aliphatic heterocycles. The highest BCUT2D eigenvalue weighted by Crippen LogP contribution is 2.38. The topological polar surface area (TPSA) is 42.0 Å². The normalized spacial score (nSPS) is 18.1. The van der Waals surface area contributed by atoms with Crippen LogP contribution in [0.15, 0.2) is 60.7 Å². The summed E-state index contributed by atoms with van der Waals surface area (Å²) in [4.78, 5) is 17.4. The van der Waals surface area contributed by atoms with Gasteiger partial charge in [0.2, 0.25) is 0 Å². The van der Waals surface area contributed by atoms with E-state index in [1.54, 1.807) is 0 Å². The molecule has 1 atom stereocenters. The van der Waals surface area contributed by atoms with Crippen molar-refractivity contribution in [1.82, 2.24) is 9.80 Å². The molecule has 0 aromatic heterocycles. The van der Waals surface area contributed by atoms with E-state index in [4.69, 9.17) is 9.16 Å². The Morgan fingerprint density at radius 1 is 0.914 bits per heavy atom. The Morgan fingerprint density at radius 3 is 1.89 bits per heavy atom. The predicted octanol–water partition coefficient (Wildman–Crippen LogP) is 6.72. The van der Waals surface area contributed by atoms with E-state index in [1.165, 1.54) is 11.1 Å². The Balaban J connectivity index is 1.94. The molecule has 3 rings (SSSR count). The number of amides is 1. The van der Waals surface area contributed by atoms with Crippen molar-refractivity contribution in [1.29, 1.82) is 0 Å². The van der Waals surface area contributed by atoms with Crippen LogP contribution in [0, 0.1) is 0 Å². The van der Waals surface area contributed by atoms with E-state index in [0.29, 0.717) is 19.7 Å². The van der Waals surface area contributed by atoms with Crippen LogP contribution in [0.3, 0.4) is 0 Å². The largest absolute Gasteiger partial charge is 0.444 e. The van der Waals surface area contributed by atoms with Gasteiger partial charge >= 0.3 is 6.09 Å². The second kappa shape index (κ2) is 10.9. The lowest BCUT2D eigenvalue weighted by atomic mass is 9.94. The molecule has 5 nitrogen and oxygen atoms in total. The van der Waals surface area contributed by atoms with Gasteiger partial charge in [0.1, 0.15) is 5.60 Å². The van der Waals surface area contributed by atoms with Crippen LogP contribution in [0.1, 0.15) is 58.7 Å². The summed E-state index contributed by atoms with van der Waals surface area (Å²) in [6, 6.07) is 21.5. The number of hydrogen-bond donors (Lipinski definition) is 0. The Bertz CT molecular complexity index is 912. The third-order valence-electron chi connectivity index (χ3n) is 7.18. The lowest BCUT2D eigenvalue weighted by Crippen LogP contribution is -2.59. The first-order valence-electron chi connectivity index (χ1n) is 12.8. The average molecular weight is 497 g/mol. The standard InChI is InChI=1S/C29H44N2O3Si/c1-28(2,3)34-27(32)30-19-20-31(25(21-30)22-33-35(7,8)29(4,5)6)26(23-15-11-9-12-16-23)24-17-13-10-14-18-24/h9-18,25-26H,19-22H2,1-8H3. The van der Waals surface area contributed by atoms with Gasteiger partial charge in [-0.25, -0.2) is 4.79 Å². The Kier molecular flexibility index (Phi) is 8.51. The zero-order valence-corrected chi connectivity index (χ0v) is 23.9. The first-order chi connectivity index (χ1) is 16.3. The molecular weight excluding hydrogens is 452 g/mol. The molecule has 1 heterocycles. The summed E-state index contributed by atoms with van der Waals surface area (Å²) >= 11 is 0. The minimum absolute atomic E-state index is 0.0517. The zero-order chi connectivity index (χ0) is 25.9. The highest BCUT2D eigenvalue weighted by Gasteiger charge is 2.41. The number of carbonyl (C=O) groups is 1. The van der Waals surface area contributed by atoms with Crippen LogP contribution in [-0.4, -0.2) is 62.1 Å². The van der Waals surface area contributed by atoms with Gasteiger partial charge in [-0.15, -0.1) is 0 Å². The lowest BCUT2D eigenvalue weighted by Gasteiger charge is -2.47. The maximum absolute atomic E-state index is 13.0. The Morgan fingerprint density at radius 2 is 1.43 bits per heavy atom. The average Bonchev–Trinajstić information content (AvgIpc) is 2.78. The number of piperazine rings is 1. The maximum atomic E-state index is 13.0. The van der Waals surface area contributed by atoms with Crippen molar-refractivity contribution in [2.45, 2.75) is 77.4 Å². The van der Waals surface area contributed by atoms with Crippen LogP contribution in [0.25, 0.3) is 0 Å². The molecule has 35 heavy (non-hydrogen) atoms. The maximum Gasteiger partial charge on any atom is 0.410 e. The predicted molar refractivity (Wildman–Crippen MR) is 146 cm³/mol. The van der Waals surface area contributed by atoms with Gasteiger partial charge in [0.05, 0.1) is 18.7 Å². The molecule has 1 unspecified atom stereocenters. The van der Waals surface area contributed by atoms with Gasteiger partial charge in [0.25, 0.3) is 0 Å². The molecule has 1 fully saturated rings. The van der Waals surface area contributed by atoms with Crippen molar-refractivity contribution in [2.24, 2.45) is 0 Å². The van der Waals surface area contributed by atoms with Gasteiger partial charge in [-0.1, -0.05) is 81.4 Å². The molecule has 2 aromatic carbocycles. The monoisotopic (exact) mass is 496 g/mol. The van der Waals surface area contributed by atoms with E-state index in [1.807, 2.05) is 25.7 Å². The van der Waals surface area contributed by atoms with Crippen LogP contribution in [0.4, 0.5) is 4.79 Å². The fourth-order valence-electron chi connectivity index (χ4n) is 4.22.